The zero-order chi connectivity index (χ0) is 22.3. The first-order valence-corrected chi connectivity index (χ1v) is 11.1. The number of rotatable bonds is 4. The monoisotopic (exact) mass is 456 g/mol. The highest BCUT2D eigenvalue weighted by Crippen LogP contribution is 2.38. The van der Waals surface area contributed by atoms with Crippen molar-refractivity contribution in [1.29, 1.82) is 0 Å². The molecule has 0 spiro atoms. The second-order valence-electron chi connectivity index (χ2n) is 7.55. The standard InChI is InChI=1S/C20H20F4N4O2S/c1-12-15(11-29)19(13-2-3-16(17(21)8-13)20(22,23)24)28-18(25-12)9-14(26-28)10-27-4-6-31(30)7-5-27/h2-3,8-9,11,19,25H,4-7,10H2,1H3. The van der Waals surface area contributed by atoms with Crippen LogP contribution in [0.2, 0.25) is 0 Å². The molecule has 31 heavy (non-hydrogen) atoms. The first-order valence-electron chi connectivity index (χ1n) is 9.62. The van der Waals surface area contributed by atoms with Crippen LogP contribution >= 0.6 is 0 Å². The number of anilines is 1. The van der Waals surface area contributed by atoms with Crippen molar-refractivity contribution in [2.45, 2.75) is 25.7 Å². The van der Waals surface area contributed by atoms with Crippen molar-refractivity contribution in [1.82, 2.24) is 14.7 Å². The number of halogens is 4. The predicted octanol–water partition coefficient (Wildman–Crippen LogP) is 3.09. The minimum Gasteiger partial charge on any atom is -0.344 e. The van der Waals surface area contributed by atoms with Crippen molar-refractivity contribution in [3.05, 3.63) is 58.2 Å². The molecule has 2 aliphatic heterocycles. The molecule has 3 heterocycles. The van der Waals surface area contributed by atoms with Gasteiger partial charge in [-0.25, -0.2) is 9.07 Å². The van der Waals surface area contributed by atoms with Gasteiger partial charge in [-0.3, -0.25) is 13.9 Å². The van der Waals surface area contributed by atoms with Gasteiger partial charge in [0.1, 0.15) is 24.0 Å². The number of hydrogen-bond acceptors (Lipinski definition) is 5. The van der Waals surface area contributed by atoms with E-state index >= 15 is 0 Å². The molecular formula is C20H20F4N4O2S. The first-order chi connectivity index (χ1) is 14.7. The maximum atomic E-state index is 14.2. The smallest absolute Gasteiger partial charge is 0.344 e. The normalized spacial score (nSPS) is 20.5. The van der Waals surface area contributed by atoms with Crippen LogP contribution in [-0.2, 0) is 28.3 Å². The van der Waals surface area contributed by atoms with Gasteiger partial charge >= 0.3 is 6.18 Å². The average molecular weight is 456 g/mol. The Bertz CT molecular complexity index is 1070. The molecule has 0 aliphatic carbocycles. The molecule has 4 rings (SSSR count). The summed E-state index contributed by atoms with van der Waals surface area (Å²) in [5.74, 6) is 0.343. The van der Waals surface area contributed by atoms with Gasteiger partial charge in [0, 0.05) is 59.3 Å². The summed E-state index contributed by atoms with van der Waals surface area (Å²) >= 11 is 0. The van der Waals surface area contributed by atoms with Crippen molar-refractivity contribution in [2.75, 3.05) is 29.9 Å². The van der Waals surface area contributed by atoms with E-state index in [1.54, 1.807) is 13.0 Å². The molecule has 1 aromatic heterocycles. The molecule has 1 saturated heterocycles. The maximum Gasteiger partial charge on any atom is 0.419 e. The van der Waals surface area contributed by atoms with E-state index in [4.69, 9.17) is 0 Å². The number of nitrogens with one attached hydrogen (secondary N) is 1. The van der Waals surface area contributed by atoms with E-state index in [0.29, 0.717) is 60.7 Å². The molecule has 1 atom stereocenters. The molecule has 1 fully saturated rings. The van der Waals surface area contributed by atoms with Gasteiger partial charge in [0.25, 0.3) is 0 Å². The third kappa shape index (κ3) is 4.29. The fourth-order valence-corrected chi connectivity index (χ4v) is 5.01. The minimum absolute atomic E-state index is 0.192. The quantitative estimate of drug-likeness (QED) is 0.566. The second kappa shape index (κ2) is 8.19. The van der Waals surface area contributed by atoms with Gasteiger partial charge in [0.15, 0.2) is 0 Å². The van der Waals surface area contributed by atoms with Gasteiger partial charge in [0.05, 0.1) is 11.3 Å². The number of carbonyl (C=O) groups is 1. The van der Waals surface area contributed by atoms with Crippen LogP contribution in [0, 0.1) is 5.82 Å². The van der Waals surface area contributed by atoms with E-state index in [1.165, 1.54) is 10.7 Å². The molecule has 166 valence electrons. The van der Waals surface area contributed by atoms with Crippen LogP contribution in [0.15, 0.2) is 35.5 Å². The number of aromatic nitrogens is 2. The molecule has 0 saturated carbocycles. The number of nitrogens with zero attached hydrogens (tertiary/aromatic N) is 3. The molecule has 1 unspecified atom stereocenters. The van der Waals surface area contributed by atoms with Crippen molar-refractivity contribution >= 4 is 22.9 Å². The second-order valence-corrected chi connectivity index (χ2v) is 9.25. The Morgan fingerprint density at radius 3 is 2.58 bits per heavy atom. The molecule has 0 bridgehead atoms. The van der Waals surface area contributed by atoms with Gasteiger partial charge < -0.3 is 5.32 Å². The van der Waals surface area contributed by atoms with Crippen LogP contribution in [-0.4, -0.2) is 49.8 Å². The number of alkyl halides is 3. The minimum atomic E-state index is -4.81. The van der Waals surface area contributed by atoms with E-state index in [2.05, 4.69) is 15.3 Å². The molecule has 1 aromatic carbocycles. The molecule has 2 aromatic rings. The van der Waals surface area contributed by atoms with Gasteiger partial charge in [-0.1, -0.05) is 6.07 Å². The van der Waals surface area contributed by atoms with Gasteiger partial charge in [-0.15, -0.1) is 0 Å². The predicted molar refractivity (Wildman–Crippen MR) is 107 cm³/mol. The van der Waals surface area contributed by atoms with Crippen LogP contribution in [0.25, 0.3) is 0 Å². The van der Waals surface area contributed by atoms with E-state index in [9.17, 15) is 26.6 Å². The Hall–Kier alpha value is -2.53. The lowest BCUT2D eigenvalue weighted by Crippen LogP contribution is -2.37. The molecule has 0 amide bonds. The molecule has 6 nitrogen and oxygen atoms in total. The van der Waals surface area contributed by atoms with Gasteiger partial charge in [0.2, 0.25) is 0 Å². The van der Waals surface area contributed by atoms with E-state index in [-0.39, 0.29) is 11.1 Å². The van der Waals surface area contributed by atoms with Crippen molar-refractivity contribution < 1.29 is 26.6 Å². The Morgan fingerprint density at radius 1 is 1.26 bits per heavy atom. The van der Waals surface area contributed by atoms with Crippen LogP contribution in [0.1, 0.15) is 29.8 Å². The number of aldehydes is 1. The Labute approximate surface area is 178 Å². The number of allylic oxidation sites excluding steroid dienone is 2. The lowest BCUT2D eigenvalue weighted by atomic mass is 9.95. The number of hydrogen-bond donors (Lipinski definition) is 1. The number of fused-ring (bicyclic) bond motifs is 1. The lowest BCUT2D eigenvalue weighted by Gasteiger charge is -2.28. The summed E-state index contributed by atoms with van der Waals surface area (Å²) in [6, 6.07) is 3.60. The molecule has 2 aliphatic rings. The fraction of sp³-hybridized carbons (Fsp3) is 0.400. The fourth-order valence-electron chi connectivity index (χ4n) is 3.88. The molecule has 11 heteroatoms. The highest BCUT2D eigenvalue weighted by atomic mass is 32.2. The zero-order valence-corrected chi connectivity index (χ0v) is 17.4. The summed E-state index contributed by atoms with van der Waals surface area (Å²) in [5, 5.41) is 7.64. The van der Waals surface area contributed by atoms with Crippen LogP contribution in [0.5, 0.6) is 0 Å². The maximum absolute atomic E-state index is 14.2. The van der Waals surface area contributed by atoms with Crippen molar-refractivity contribution in [2.24, 2.45) is 0 Å². The SMILES string of the molecule is CC1=C(C=O)C(c2ccc(C(F)(F)F)c(F)c2)n2nc(CN3CCS(=O)CC3)cc2N1. The molecular weight excluding hydrogens is 436 g/mol. The topological polar surface area (TPSA) is 67.2 Å². The molecule has 1 N–H and O–H groups in total. The first kappa shape index (κ1) is 21.7. The third-order valence-electron chi connectivity index (χ3n) is 5.47. The van der Waals surface area contributed by atoms with E-state index < -0.39 is 34.4 Å². The van der Waals surface area contributed by atoms with Crippen LogP contribution in [0.3, 0.4) is 0 Å². The summed E-state index contributed by atoms with van der Waals surface area (Å²) in [5.41, 5.74) is 0.301. The largest absolute Gasteiger partial charge is 0.419 e. The number of benzene rings is 1. The zero-order valence-electron chi connectivity index (χ0n) is 16.6. The number of carbonyl (C=O) groups excluding carboxylic acids is 1. The van der Waals surface area contributed by atoms with E-state index in [1.807, 2.05) is 0 Å². The Balaban J connectivity index is 1.69. The van der Waals surface area contributed by atoms with E-state index in [0.717, 1.165) is 6.07 Å². The summed E-state index contributed by atoms with van der Waals surface area (Å²) < 4.78 is 66.2. The van der Waals surface area contributed by atoms with Crippen LogP contribution in [0.4, 0.5) is 23.4 Å². The van der Waals surface area contributed by atoms with Crippen molar-refractivity contribution in [3.63, 3.8) is 0 Å². The summed E-state index contributed by atoms with van der Waals surface area (Å²) in [4.78, 5) is 13.9. The Kier molecular flexibility index (Phi) is 5.73. The van der Waals surface area contributed by atoms with Crippen molar-refractivity contribution in [3.8, 4) is 0 Å². The Morgan fingerprint density at radius 2 is 1.97 bits per heavy atom. The summed E-state index contributed by atoms with van der Waals surface area (Å²) in [6.07, 6.45) is -4.20. The summed E-state index contributed by atoms with van der Waals surface area (Å²) in [7, 11) is -0.804. The highest BCUT2D eigenvalue weighted by molar-refractivity contribution is 7.85. The highest BCUT2D eigenvalue weighted by Gasteiger charge is 2.36. The average Bonchev–Trinajstić information content (AvgIpc) is 3.09. The third-order valence-corrected chi connectivity index (χ3v) is 6.75. The summed E-state index contributed by atoms with van der Waals surface area (Å²) in [6.45, 7) is 3.52. The van der Waals surface area contributed by atoms with Crippen LogP contribution < -0.4 is 5.32 Å². The van der Waals surface area contributed by atoms with Gasteiger partial charge in [-0.05, 0) is 24.6 Å². The van der Waals surface area contributed by atoms with Gasteiger partial charge in [-0.2, -0.15) is 18.3 Å². The molecule has 0 radical (unpaired) electrons. The lowest BCUT2D eigenvalue weighted by molar-refractivity contribution is -0.140.